The molecular weight excluding hydrogens is 204 g/mol. The molecule has 2 unspecified atom stereocenters. The second-order valence-electron chi connectivity index (χ2n) is 4.52. The summed E-state index contributed by atoms with van der Waals surface area (Å²) in [7, 11) is 3.57. The van der Waals surface area contributed by atoms with Crippen LogP contribution >= 0.6 is 0 Å². The molecule has 0 spiro atoms. The lowest BCUT2D eigenvalue weighted by molar-refractivity contribution is 0.0954. The van der Waals surface area contributed by atoms with E-state index in [1.807, 2.05) is 0 Å². The molecule has 1 rings (SSSR count). The number of ether oxygens (including phenoxy) is 2. The molecule has 1 saturated heterocycles. The van der Waals surface area contributed by atoms with Gasteiger partial charge in [0, 0.05) is 33.4 Å². The average molecular weight is 230 g/mol. The van der Waals surface area contributed by atoms with Crippen molar-refractivity contribution in [1.29, 1.82) is 0 Å². The Morgan fingerprint density at radius 2 is 2.19 bits per heavy atom. The lowest BCUT2D eigenvalue weighted by Crippen LogP contribution is -2.44. The zero-order valence-corrected chi connectivity index (χ0v) is 10.9. The summed E-state index contributed by atoms with van der Waals surface area (Å²) >= 11 is 0. The van der Waals surface area contributed by atoms with Crippen molar-refractivity contribution in [3.8, 4) is 0 Å². The molecule has 0 aromatic rings. The van der Waals surface area contributed by atoms with E-state index >= 15 is 0 Å². The molecule has 1 aliphatic rings. The first-order valence-corrected chi connectivity index (χ1v) is 6.24. The van der Waals surface area contributed by atoms with Crippen molar-refractivity contribution in [1.82, 2.24) is 10.2 Å². The molecule has 1 fully saturated rings. The first-order chi connectivity index (χ1) is 7.81. The highest BCUT2D eigenvalue weighted by Gasteiger charge is 2.27. The average Bonchev–Trinajstić information content (AvgIpc) is 2.73. The Morgan fingerprint density at radius 1 is 1.38 bits per heavy atom. The molecular formula is C12H26N2O2. The molecule has 0 aliphatic carbocycles. The van der Waals surface area contributed by atoms with Crippen LogP contribution < -0.4 is 5.32 Å². The Bertz CT molecular complexity index is 178. The van der Waals surface area contributed by atoms with Gasteiger partial charge in [-0.2, -0.15) is 0 Å². The highest BCUT2D eigenvalue weighted by molar-refractivity contribution is 4.82. The molecule has 1 N–H and O–H groups in total. The first kappa shape index (κ1) is 13.9. The van der Waals surface area contributed by atoms with E-state index in [1.165, 1.54) is 13.0 Å². The van der Waals surface area contributed by atoms with Crippen LogP contribution in [0.5, 0.6) is 0 Å². The van der Waals surface area contributed by atoms with Crippen molar-refractivity contribution in [2.24, 2.45) is 5.92 Å². The van der Waals surface area contributed by atoms with Crippen LogP contribution in [-0.4, -0.2) is 64.6 Å². The van der Waals surface area contributed by atoms with E-state index in [-0.39, 0.29) is 0 Å². The minimum absolute atomic E-state index is 0.506. The fourth-order valence-corrected chi connectivity index (χ4v) is 2.36. The number of nitrogens with one attached hydrogen (secondary N) is 1. The van der Waals surface area contributed by atoms with Gasteiger partial charge in [0.2, 0.25) is 0 Å². The molecule has 0 aromatic heterocycles. The molecule has 1 aliphatic heterocycles. The smallest absolute Gasteiger partial charge is 0.0630 e. The predicted molar refractivity (Wildman–Crippen MR) is 65.8 cm³/mol. The van der Waals surface area contributed by atoms with Crippen LogP contribution in [0, 0.1) is 5.92 Å². The van der Waals surface area contributed by atoms with E-state index in [0.717, 1.165) is 32.8 Å². The van der Waals surface area contributed by atoms with Crippen molar-refractivity contribution in [2.45, 2.75) is 19.4 Å². The number of likely N-dealkylation sites (N-methyl/N-ethyl adjacent to an activating group) is 1. The van der Waals surface area contributed by atoms with Gasteiger partial charge in [0.25, 0.3) is 0 Å². The van der Waals surface area contributed by atoms with Crippen LogP contribution in [0.2, 0.25) is 0 Å². The Labute approximate surface area is 99.3 Å². The second kappa shape index (κ2) is 8.01. The van der Waals surface area contributed by atoms with Crippen LogP contribution in [0.1, 0.15) is 13.3 Å². The third-order valence-electron chi connectivity index (χ3n) is 3.23. The molecule has 0 radical (unpaired) electrons. The van der Waals surface area contributed by atoms with Gasteiger partial charge < -0.3 is 14.8 Å². The number of likely N-dealkylation sites (tertiary alicyclic amines) is 1. The van der Waals surface area contributed by atoms with Crippen molar-refractivity contribution in [3.63, 3.8) is 0 Å². The van der Waals surface area contributed by atoms with E-state index < -0.39 is 0 Å². The van der Waals surface area contributed by atoms with Crippen LogP contribution in [0.25, 0.3) is 0 Å². The second-order valence-corrected chi connectivity index (χ2v) is 4.52. The van der Waals surface area contributed by atoms with Crippen molar-refractivity contribution >= 4 is 0 Å². The molecule has 16 heavy (non-hydrogen) atoms. The summed E-state index contributed by atoms with van der Waals surface area (Å²) in [5.74, 6) is 0.700. The van der Waals surface area contributed by atoms with Crippen molar-refractivity contribution in [2.75, 3.05) is 53.6 Å². The number of hydrogen-bond acceptors (Lipinski definition) is 4. The highest BCUT2D eigenvalue weighted by atomic mass is 16.5. The van der Waals surface area contributed by atoms with Gasteiger partial charge in [0.05, 0.1) is 13.2 Å². The highest BCUT2D eigenvalue weighted by Crippen LogP contribution is 2.18. The fourth-order valence-electron chi connectivity index (χ4n) is 2.36. The third kappa shape index (κ3) is 4.37. The van der Waals surface area contributed by atoms with E-state index in [9.17, 15) is 0 Å². The van der Waals surface area contributed by atoms with Gasteiger partial charge in [0.15, 0.2) is 0 Å². The lowest BCUT2D eigenvalue weighted by atomic mass is 10.1. The lowest BCUT2D eigenvalue weighted by Gasteiger charge is -2.27. The molecule has 0 aromatic carbocycles. The standard InChI is InChI=1S/C12H26N2O2/c1-4-13-7-12(10-16-3)14-6-5-11(8-14)9-15-2/h11-13H,4-10H2,1-3H3. The number of methoxy groups -OCH3 is 2. The topological polar surface area (TPSA) is 33.7 Å². The maximum absolute atomic E-state index is 5.30. The van der Waals surface area contributed by atoms with Crippen molar-refractivity contribution in [3.05, 3.63) is 0 Å². The maximum atomic E-state index is 5.30. The number of hydrogen-bond donors (Lipinski definition) is 1. The molecule has 0 amide bonds. The van der Waals surface area contributed by atoms with Gasteiger partial charge in [-0.3, -0.25) is 4.90 Å². The summed E-state index contributed by atoms with van der Waals surface area (Å²) in [4.78, 5) is 2.52. The van der Waals surface area contributed by atoms with Crippen LogP contribution in [0.15, 0.2) is 0 Å². The van der Waals surface area contributed by atoms with Crippen LogP contribution in [0.4, 0.5) is 0 Å². The van der Waals surface area contributed by atoms with Crippen molar-refractivity contribution < 1.29 is 9.47 Å². The maximum Gasteiger partial charge on any atom is 0.0630 e. The Hall–Kier alpha value is -0.160. The number of rotatable bonds is 8. The van der Waals surface area contributed by atoms with Crippen LogP contribution in [-0.2, 0) is 9.47 Å². The van der Waals surface area contributed by atoms with E-state index in [1.54, 1.807) is 14.2 Å². The first-order valence-electron chi connectivity index (χ1n) is 6.24. The molecule has 4 nitrogen and oxygen atoms in total. The van der Waals surface area contributed by atoms with Gasteiger partial charge in [0.1, 0.15) is 0 Å². The SMILES string of the molecule is CCNCC(COC)N1CCC(COC)C1. The predicted octanol–water partition coefficient (Wildman–Crippen LogP) is 0.579. The van der Waals surface area contributed by atoms with E-state index in [0.29, 0.717) is 12.0 Å². The van der Waals surface area contributed by atoms with Gasteiger partial charge in [-0.15, -0.1) is 0 Å². The summed E-state index contributed by atoms with van der Waals surface area (Å²) in [6.07, 6.45) is 1.25. The summed E-state index contributed by atoms with van der Waals surface area (Å²) in [5, 5.41) is 3.40. The minimum atomic E-state index is 0.506. The van der Waals surface area contributed by atoms with Gasteiger partial charge in [-0.25, -0.2) is 0 Å². The summed E-state index contributed by atoms with van der Waals surface area (Å²) in [6, 6.07) is 0.506. The minimum Gasteiger partial charge on any atom is -0.384 e. The zero-order valence-electron chi connectivity index (χ0n) is 10.9. The molecule has 4 heteroatoms. The summed E-state index contributed by atoms with van der Waals surface area (Å²) in [6.45, 7) is 8.20. The Kier molecular flexibility index (Phi) is 6.96. The zero-order chi connectivity index (χ0) is 11.8. The largest absolute Gasteiger partial charge is 0.384 e. The van der Waals surface area contributed by atoms with Gasteiger partial charge in [-0.05, 0) is 25.4 Å². The fraction of sp³-hybridized carbons (Fsp3) is 1.00. The quantitative estimate of drug-likeness (QED) is 0.661. The van der Waals surface area contributed by atoms with Gasteiger partial charge >= 0.3 is 0 Å². The Balaban J connectivity index is 2.33. The van der Waals surface area contributed by atoms with Gasteiger partial charge in [-0.1, -0.05) is 6.92 Å². The molecule has 0 saturated carbocycles. The normalized spacial score (nSPS) is 23.8. The van der Waals surface area contributed by atoms with E-state index in [4.69, 9.17) is 9.47 Å². The summed E-state index contributed by atoms with van der Waals surface area (Å²) in [5.41, 5.74) is 0. The Morgan fingerprint density at radius 3 is 2.81 bits per heavy atom. The molecule has 0 bridgehead atoms. The monoisotopic (exact) mass is 230 g/mol. The molecule has 96 valence electrons. The molecule has 1 heterocycles. The summed E-state index contributed by atoms with van der Waals surface area (Å²) < 4.78 is 10.5. The number of nitrogens with zero attached hydrogens (tertiary/aromatic N) is 1. The third-order valence-corrected chi connectivity index (χ3v) is 3.23. The van der Waals surface area contributed by atoms with E-state index in [2.05, 4.69) is 17.1 Å². The van der Waals surface area contributed by atoms with Crippen LogP contribution in [0.3, 0.4) is 0 Å². The molecule has 2 atom stereocenters.